The second-order valence-corrected chi connectivity index (χ2v) is 3.81. The van der Waals surface area contributed by atoms with E-state index < -0.39 is 11.6 Å². The van der Waals surface area contributed by atoms with Gasteiger partial charge in [-0.15, -0.1) is 0 Å². The van der Waals surface area contributed by atoms with Crippen LogP contribution in [0.5, 0.6) is 0 Å². The molecule has 0 aliphatic heterocycles. The third kappa shape index (κ3) is 3.42. The van der Waals surface area contributed by atoms with Crippen molar-refractivity contribution in [1.29, 1.82) is 0 Å². The monoisotopic (exact) mass is 199 g/mol. The molecule has 0 aromatic carbocycles. The highest BCUT2D eigenvalue weighted by atomic mass is 16.6. The zero-order chi connectivity index (χ0) is 10.8. The van der Waals surface area contributed by atoms with Crippen LogP contribution in [-0.2, 0) is 16.0 Å². The van der Waals surface area contributed by atoms with Gasteiger partial charge in [0.2, 0.25) is 0 Å². The second-order valence-electron chi connectivity index (χ2n) is 3.81. The van der Waals surface area contributed by atoms with E-state index in [0.29, 0.717) is 0 Å². The Balaban J connectivity index is 2.50. The number of hydrogen-bond donors (Lipinski definition) is 1. The van der Waals surface area contributed by atoms with Crippen molar-refractivity contribution in [2.24, 2.45) is 0 Å². The van der Waals surface area contributed by atoms with E-state index in [2.05, 4.69) is 14.7 Å². The molecule has 0 aliphatic carbocycles. The van der Waals surface area contributed by atoms with Gasteiger partial charge in [0.05, 0.1) is 0 Å². The predicted octanol–water partition coefficient (Wildman–Crippen LogP) is 0.536. The van der Waals surface area contributed by atoms with Gasteiger partial charge in [-0.2, -0.15) is 4.98 Å². The van der Waals surface area contributed by atoms with E-state index in [1.54, 1.807) is 20.8 Å². The molecule has 1 aromatic rings. The summed E-state index contributed by atoms with van der Waals surface area (Å²) in [6, 6.07) is -0.0523. The lowest BCUT2D eigenvalue weighted by Crippen LogP contribution is -2.25. The number of hydrogen-bond acceptors (Lipinski definition) is 6. The standard InChI is InChI=1S/C8H13N3O3/c1-8(2,3)13-6(12)4-5-10-7(9)14-11-5/h4H2,1-3H3,(H2,9,10,11). The highest BCUT2D eigenvalue weighted by Crippen LogP contribution is 2.09. The van der Waals surface area contributed by atoms with Crippen molar-refractivity contribution in [3.63, 3.8) is 0 Å². The molecule has 0 saturated carbocycles. The van der Waals surface area contributed by atoms with E-state index in [1.807, 2.05) is 0 Å². The Hall–Kier alpha value is -1.59. The Morgan fingerprint density at radius 2 is 2.21 bits per heavy atom. The fourth-order valence-electron chi connectivity index (χ4n) is 0.846. The maximum absolute atomic E-state index is 11.3. The van der Waals surface area contributed by atoms with Crippen LogP contribution in [-0.4, -0.2) is 21.7 Å². The van der Waals surface area contributed by atoms with Crippen molar-refractivity contribution in [2.75, 3.05) is 5.73 Å². The summed E-state index contributed by atoms with van der Waals surface area (Å²) in [7, 11) is 0. The Morgan fingerprint density at radius 1 is 1.57 bits per heavy atom. The van der Waals surface area contributed by atoms with Crippen molar-refractivity contribution in [2.45, 2.75) is 32.8 Å². The Bertz CT molecular complexity index is 327. The minimum atomic E-state index is -0.508. The number of anilines is 1. The summed E-state index contributed by atoms with van der Waals surface area (Å²) in [5, 5.41) is 3.47. The molecule has 0 bridgehead atoms. The Kier molecular flexibility index (Phi) is 2.73. The third-order valence-electron chi connectivity index (χ3n) is 1.21. The maximum Gasteiger partial charge on any atom is 0.318 e. The van der Waals surface area contributed by atoms with Crippen LogP contribution in [0.3, 0.4) is 0 Å². The zero-order valence-electron chi connectivity index (χ0n) is 8.40. The zero-order valence-corrected chi connectivity index (χ0v) is 8.40. The molecule has 78 valence electrons. The molecular formula is C8H13N3O3. The smallest absolute Gasteiger partial charge is 0.318 e. The summed E-state index contributed by atoms with van der Waals surface area (Å²) in [4.78, 5) is 14.9. The van der Waals surface area contributed by atoms with Crippen molar-refractivity contribution < 1.29 is 14.1 Å². The molecule has 2 N–H and O–H groups in total. The molecule has 1 heterocycles. The van der Waals surface area contributed by atoms with Gasteiger partial charge < -0.3 is 15.0 Å². The first-order chi connectivity index (χ1) is 6.37. The van der Waals surface area contributed by atoms with Gasteiger partial charge in [0, 0.05) is 0 Å². The van der Waals surface area contributed by atoms with E-state index in [9.17, 15) is 4.79 Å². The number of carbonyl (C=O) groups excluding carboxylic acids is 1. The van der Waals surface area contributed by atoms with Crippen LogP contribution in [0, 0.1) is 0 Å². The normalized spacial score (nSPS) is 11.4. The summed E-state index contributed by atoms with van der Waals surface area (Å²) < 4.78 is 9.55. The van der Waals surface area contributed by atoms with Crippen LogP contribution >= 0.6 is 0 Å². The lowest BCUT2D eigenvalue weighted by molar-refractivity contribution is -0.154. The quantitative estimate of drug-likeness (QED) is 0.699. The number of nitrogens with two attached hydrogens (primary N) is 1. The first-order valence-electron chi connectivity index (χ1n) is 4.17. The van der Waals surface area contributed by atoms with E-state index >= 15 is 0 Å². The first kappa shape index (κ1) is 10.5. The first-order valence-corrected chi connectivity index (χ1v) is 4.17. The van der Waals surface area contributed by atoms with Gasteiger partial charge in [-0.3, -0.25) is 4.79 Å². The van der Waals surface area contributed by atoms with Gasteiger partial charge in [-0.05, 0) is 20.8 Å². The molecule has 0 atom stereocenters. The molecule has 0 amide bonds. The van der Waals surface area contributed by atoms with Crippen molar-refractivity contribution >= 4 is 12.0 Å². The number of ether oxygens (including phenoxy) is 1. The van der Waals surface area contributed by atoms with Crippen LogP contribution in [0.2, 0.25) is 0 Å². The molecule has 6 heteroatoms. The van der Waals surface area contributed by atoms with Crippen molar-refractivity contribution in [1.82, 2.24) is 10.1 Å². The average molecular weight is 199 g/mol. The number of nitrogen functional groups attached to an aromatic ring is 1. The number of esters is 1. The second kappa shape index (κ2) is 3.65. The minimum Gasteiger partial charge on any atom is -0.460 e. The summed E-state index contributed by atoms with van der Waals surface area (Å²) >= 11 is 0. The van der Waals surface area contributed by atoms with E-state index in [0.717, 1.165) is 0 Å². The summed E-state index contributed by atoms with van der Waals surface area (Å²) in [6.45, 7) is 5.36. The van der Waals surface area contributed by atoms with Gasteiger partial charge in [0.25, 0.3) is 0 Å². The molecule has 1 aromatic heterocycles. The average Bonchev–Trinajstić information content (AvgIpc) is 2.30. The molecule has 0 spiro atoms. The molecular weight excluding hydrogens is 186 g/mol. The predicted molar refractivity (Wildman–Crippen MR) is 48.3 cm³/mol. The molecule has 6 nitrogen and oxygen atoms in total. The van der Waals surface area contributed by atoms with Crippen LogP contribution < -0.4 is 5.73 Å². The molecule has 0 unspecified atom stereocenters. The summed E-state index contributed by atoms with van der Waals surface area (Å²) in [5.74, 6) is -0.171. The van der Waals surface area contributed by atoms with Gasteiger partial charge in [-0.1, -0.05) is 5.16 Å². The van der Waals surface area contributed by atoms with Gasteiger partial charge in [0.1, 0.15) is 12.0 Å². The third-order valence-corrected chi connectivity index (χ3v) is 1.21. The lowest BCUT2D eigenvalue weighted by atomic mass is 10.2. The SMILES string of the molecule is CC(C)(C)OC(=O)Cc1noc(N)n1. The van der Waals surface area contributed by atoms with Gasteiger partial charge in [-0.25, -0.2) is 0 Å². The highest BCUT2D eigenvalue weighted by molar-refractivity contribution is 5.71. The van der Waals surface area contributed by atoms with Crippen LogP contribution in [0.25, 0.3) is 0 Å². The van der Waals surface area contributed by atoms with E-state index in [4.69, 9.17) is 10.5 Å². The summed E-state index contributed by atoms with van der Waals surface area (Å²) in [5.41, 5.74) is 4.68. The molecule has 0 aliphatic rings. The highest BCUT2D eigenvalue weighted by Gasteiger charge is 2.18. The Labute approximate surface area is 81.4 Å². The van der Waals surface area contributed by atoms with Crippen LogP contribution in [0.4, 0.5) is 6.01 Å². The number of aromatic nitrogens is 2. The largest absolute Gasteiger partial charge is 0.460 e. The molecule has 1 rings (SSSR count). The van der Waals surface area contributed by atoms with Gasteiger partial charge >= 0.3 is 12.0 Å². The van der Waals surface area contributed by atoms with Crippen LogP contribution in [0.15, 0.2) is 4.52 Å². The fraction of sp³-hybridized carbons (Fsp3) is 0.625. The molecule has 0 fully saturated rings. The lowest BCUT2D eigenvalue weighted by Gasteiger charge is -2.18. The van der Waals surface area contributed by atoms with Gasteiger partial charge in [0.15, 0.2) is 5.82 Å². The van der Waals surface area contributed by atoms with Crippen molar-refractivity contribution in [3.05, 3.63) is 5.82 Å². The Morgan fingerprint density at radius 3 is 2.64 bits per heavy atom. The number of rotatable bonds is 2. The topological polar surface area (TPSA) is 91.2 Å². The minimum absolute atomic E-state index is 0.0298. The molecule has 0 radical (unpaired) electrons. The molecule has 14 heavy (non-hydrogen) atoms. The summed E-state index contributed by atoms with van der Waals surface area (Å²) in [6.07, 6.45) is -0.0298. The van der Waals surface area contributed by atoms with E-state index in [1.165, 1.54) is 0 Å². The number of carbonyl (C=O) groups is 1. The molecule has 0 saturated heterocycles. The maximum atomic E-state index is 11.3. The number of nitrogens with zero attached hydrogens (tertiary/aromatic N) is 2. The van der Waals surface area contributed by atoms with Crippen LogP contribution in [0.1, 0.15) is 26.6 Å². The van der Waals surface area contributed by atoms with Crippen molar-refractivity contribution in [3.8, 4) is 0 Å². The van der Waals surface area contributed by atoms with E-state index in [-0.39, 0.29) is 18.3 Å². The fourth-order valence-corrected chi connectivity index (χ4v) is 0.846.